The molecule has 1 atom stereocenters. The Morgan fingerprint density at radius 2 is 2.14 bits per heavy atom. The van der Waals surface area contributed by atoms with E-state index >= 15 is 0 Å². The van der Waals surface area contributed by atoms with Gasteiger partial charge in [-0.2, -0.15) is 0 Å². The zero-order valence-corrected chi connectivity index (χ0v) is 8.55. The summed E-state index contributed by atoms with van der Waals surface area (Å²) in [6, 6.07) is 2.33. The predicted octanol–water partition coefficient (Wildman–Crippen LogP) is 2.64. The molecule has 0 amide bonds. The Morgan fingerprint density at radius 1 is 1.50 bits per heavy atom. The van der Waals surface area contributed by atoms with Gasteiger partial charge in [0.1, 0.15) is 11.6 Å². The van der Waals surface area contributed by atoms with Crippen LogP contribution in [0.5, 0.6) is 5.75 Å². The first-order valence-corrected chi connectivity index (χ1v) is 4.81. The summed E-state index contributed by atoms with van der Waals surface area (Å²) in [4.78, 5) is 0. The van der Waals surface area contributed by atoms with Gasteiger partial charge in [-0.25, -0.2) is 4.39 Å². The summed E-state index contributed by atoms with van der Waals surface area (Å²) < 4.78 is 13.2. The van der Waals surface area contributed by atoms with Crippen molar-refractivity contribution >= 4 is 0 Å². The number of hydrogen-bond donors (Lipinski definition) is 2. The molecule has 0 saturated carbocycles. The van der Waals surface area contributed by atoms with Crippen molar-refractivity contribution in [2.45, 2.75) is 32.7 Å². The summed E-state index contributed by atoms with van der Waals surface area (Å²) in [6.07, 6.45) is 1.66. The number of halogens is 1. The first kappa shape index (κ1) is 11.0. The Hall–Kier alpha value is -1.09. The zero-order chi connectivity index (χ0) is 10.7. The molecule has 1 aromatic carbocycles. The number of nitrogens with two attached hydrogens (primary N) is 1. The molecule has 0 aliphatic rings. The van der Waals surface area contributed by atoms with Gasteiger partial charge in [0.15, 0.2) is 0 Å². The van der Waals surface area contributed by atoms with Crippen molar-refractivity contribution in [1.82, 2.24) is 0 Å². The van der Waals surface area contributed by atoms with E-state index in [1.54, 1.807) is 6.92 Å². The molecule has 1 aromatic rings. The van der Waals surface area contributed by atoms with E-state index in [-0.39, 0.29) is 17.6 Å². The van der Waals surface area contributed by atoms with Crippen molar-refractivity contribution in [2.24, 2.45) is 5.73 Å². The molecule has 0 aliphatic heterocycles. The second-order valence-electron chi connectivity index (χ2n) is 3.50. The van der Waals surface area contributed by atoms with Crippen LogP contribution in [0.1, 0.15) is 36.9 Å². The van der Waals surface area contributed by atoms with Gasteiger partial charge >= 0.3 is 0 Å². The molecule has 0 saturated heterocycles. The van der Waals surface area contributed by atoms with Gasteiger partial charge in [0, 0.05) is 11.6 Å². The van der Waals surface area contributed by atoms with Gasteiger partial charge in [0.25, 0.3) is 0 Å². The average molecular weight is 197 g/mol. The van der Waals surface area contributed by atoms with Gasteiger partial charge < -0.3 is 10.8 Å². The number of rotatable bonds is 3. The second-order valence-corrected chi connectivity index (χ2v) is 3.50. The van der Waals surface area contributed by atoms with Crippen LogP contribution in [0.25, 0.3) is 0 Å². The maximum atomic E-state index is 13.2. The largest absolute Gasteiger partial charge is 0.508 e. The minimum atomic E-state index is -0.315. The molecule has 3 heteroatoms. The maximum absolute atomic E-state index is 13.2. The van der Waals surface area contributed by atoms with E-state index in [2.05, 4.69) is 0 Å². The highest BCUT2D eigenvalue weighted by molar-refractivity contribution is 5.41. The van der Waals surface area contributed by atoms with Crippen LogP contribution < -0.4 is 5.73 Å². The minimum absolute atomic E-state index is 0.0878. The Kier molecular flexibility index (Phi) is 3.47. The maximum Gasteiger partial charge on any atom is 0.126 e. The molecule has 0 aromatic heterocycles. The van der Waals surface area contributed by atoms with E-state index in [1.165, 1.54) is 12.1 Å². The topological polar surface area (TPSA) is 46.2 Å². The Balaban J connectivity index is 3.11. The smallest absolute Gasteiger partial charge is 0.126 e. The highest BCUT2D eigenvalue weighted by Crippen LogP contribution is 2.30. The van der Waals surface area contributed by atoms with Gasteiger partial charge in [-0.15, -0.1) is 0 Å². The SMILES string of the molecule is CCC[C@H](N)c1c(O)ccc(F)c1C. The summed E-state index contributed by atoms with van der Waals surface area (Å²) in [5, 5.41) is 9.57. The van der Waals surface area contributed by atoms with Crippen molar-refractivity contribution in [3.63, 3.8) is 0 Å². The van der Waals surface area contributed by atoms with Crippen LogP contribution in [0.15, 0.2) is 12.1 Å². The van der Waals surface area contributed by atoms with Crippen LogP contribution in [-0.2, 0) is 0 Å². The van der Waals surface area contributed by atoms with Gasteiger partial charge in [-0.1, -0.05) is 13.3 Å². The molecule has 3 N–H and O–H groups in total. The number of hydrogen-bond acceptors (Lipinski definition) is 2. The molecule has 0 spiro atoms. The summed E-state index contributed by atoms with van der Waals surface area (Å²) in [5.74, 6) is -0.228. The van der Waals surface area contributed by atoms with E-state index < -0.39 is 0 Å². The molecule has 0 bridgehead atoms. The van der Waals surface area contributed by atoms with Crippen LogP contribution >= 0.6 is 0 Å². The fraction of sp³-hybridized carbons (Fsp3) is 0.455. The van der Waals surface area contributed by atoms with Crippen LogP contribution in [0.3, 0.4) is 0 Å². The lowest BCUT2D eigenvalue weighted by molar-refractivity contribution is 0.453. The normalized spacial score (nSPS) is 12.9. The zero-order valence-electron chi connectivity index (χ0n) is 8.55. The lowest BCUT2D eigenvalue weighted by Crippen LogP contribution is -2.12. The molecule has 0 radical (unpaired) electrons. The minimum Gasteiger partial charge on any atom is -0.508 e. The van der Waals surface area contributed by atoms with Crippen LogP contribution in [0.2, 0.25) is 0 Å². The Morgan fingerprint density at radius 3 is 2.71 bits per heavy atom. The fourth-order valence-corrected chi connectivity index (χ4v) is 1.61. The summed E-state index contributed by atoms with van der Waals surface area (Å²) in [7, 11) is 0. The van der Waals surface area contributed by atoms with Crippen LogP contribution in [0, 0.1) is 12.7 Å². The molecular weight excluding hydrogens is 181 g/mol. The van der Waals surface area contributed by atoms with Gasteiger partial charge in [-0.3, -0.25) is 0 Å². The van der Waals surface area contributed by atoms with Crippen molar-refractivity contribution < 1.29 is 9.50 Å². The first-order chi connectivity index (χ1) is 6.57. The van der Waals surface area contributed by atoms with Crippen molar-refractivity contribution in [3.05, 3.63) is 29.1 Å². The van der Waals surface area contributed by atoms with Gasteiger partial charge in [-0.05, 0) is 31.0 Å². The predicted molar refractivity (Wildman–Crippen MR) is 54.6 cm³/mol. The van der Waals surface area contributed by atoms with Crippen molar-refractivity contribution in [1.29, 1.82) is 0 Å². The van der Waals surface area contributed by atoms with Gasteiger partial charge in [0.2, 0.25) is 0 Å². The monoisotopic (exact) mass is 197 g/mol. The highest BCUT2D eigenvalue weighted by Gasteiger charge is 2.15. The lowest BCUT2D eigenvalue weighted by Gasteiger charge is -2.15. The van der Waals surface area contributed by atoms with E-state index in [0.717, 1.165) is 12.8 Å². The first-order valence-electron chi connectivity index (χ1n) is 4.81. The van der Waals surface area contributed by atoms with Crippen molar-refractivity contribution in [3.8, 4) is 5.75 Å². The Labute approximate surface area is 83.6 Å². The van der Waals surface area contributed by atoms with E-state index in [4.69, 9.17) is 5.73 Å². The molecule has 0 unspecified atom stereocenters. The third-order valence-electron chi connectivity index (χ3n) is 2.40. The average Bonchev–Trinajstić information content (AvgIpc) is 2.13. The van der Waals surface area contributed by atoms with Crippen molar-refractivity contribution in [2.75, 3.05) is 0 Å². The molecule has 0 aliphatic carbocycles. The molecule has 0 fully saturated rings. The summed E-state index contributed by atoms with van der Waals surface area (Å²) in [5.41, 5.74) is 6.83. The summed E-state index contributed by atoms with van der Waals surface area (Å²) >= 11 is 0. The fourth-order valence-electron chi connectivity index (χ4n) is 1.61. The quantitative estimate of drug-likeness (QED) is 0.782. The highest BCUT2D eigenvalue weighted by atomic mass is 19.1. The van der Waals surface area contributed by atoms with E-state index in [9.17, 15) is 9.50 Å². The molecule has 1 rings (SSSR count). The third-order valence-corrected chi connectivity index (χ3v) is 2.40. The molecule has 2 nitrogen and oxygen atoms in total. The number of phenols is 1. The van der Waals surface area contributed by atoms with E-state index in [1.807, 2.05) is 6.92 Å². The molecular formula is C11H16FNO. The third kappa shape index (κ3) is 2.04. The standard InChI is InChI=1S/C11H16FNO/c1-3-4-9(13)11-7(2)8(12)5-6-10(11)14/h5-6,9,14H,3-4,13H2,1-2H3/t9-/m0/s1. The number of benzene rings is 1. The second kappa shape index (κ2) is 4.42. The van der Waals surface area contributed by atoms with Crippen LogP contribution in [-0.4, -0.2) is 5.11 Å². The summed E-state index contributed by atoms with van der Waals surface area (Å²) in [6.45, 7) is 3.64. The van der Waals surface area contributed by atoms with Gasteiger partial charge in [0.05, 0.1) is 0 Å². The molecule has 78 valence electrons. The van der Waals surface area contributed by atoms with E-state index in [0.29, 0.717) is 11.1 Å². The number of phenolic OH excluding ortho intramolecular Hbond substituents is 1. The molecule has 14 heavy (non-hydrogen) atoms. The number of aromatic hydroxyl groups is 1. The molecule has 0 heterocycles. The lowest BCUT2D eigenvalue weighted by atomic mass is 9.97. The Bertz CT molecular complexity index is 325. The van der Waals surface area contributed by atoms with Crippen LogP contribution in [0.4, 0.5) is 4.39 Å².